The van der Waals surface area contributed by atoms with Crippen molar-refractivity contribution in [2.24, 2.45) is 0 Å². The molecule has 0 bridgehead atoms. The molecule has 2 rings (SSSR count). The smallest absolute Gasteiger partial charge is 0.147 e. The molecular weight excluding hydrogens is 358 g/mol. The van der Waals surface area contributed by atoms with Gasteiger partial charge in [0.2, 0.25) is 0 Å². The predicted octanol–water partition coefficient (Wildman–Crippen LogP) is 7.77. The van der Waals surface area contributed by atoms with Gasteiger partial charge in [-0.2, -0.15) is 0 Å². The van der Waals surface area contributed by atoms with Crippen molar-refractivity contribution >= 4 is 22.7 Å². The standard InChI is InChI=1S/C24H38NSi2/c1-6-7-9-14-24(21-12-10-8-11-13-21)22-15-17-23(18-16-22)25-27(4,5)20-19-26(2)3/h8,10-13,15-18,24-25H,6-7,9,14,19-20H2,1-5H3. The molecule has 3 heteroatoms. The van der Waals surface area contributed by atoms with Crippen LogP contribution in [0.15, 0.2) is 54.6 Å². The Hall–Kier alpha value is -1.33. The first-order chi connectivity index (χ1) is 12.9. The minimum atomic E-state index is -1.37. The van der Waals surface area contributed by atoms with Crippen LogP contribution in [0, 0.1) is 0 Å². The van der Waals surface area contributed by atoms with Crippen LogP contribution in [-0.2, 0) is 0 Å². The summed E-state index contributed by atoms with van der Waals surface area (Å²) in [5.74, 6) is 0.516. The molecule has 2 aromatic carbocycles. The van der Waals surface area contributed by atoms with Gasteiger partial charge in [-0.3, -0.25) is 0 Å². The lowest BCUT2D eigenvalue weighted by Crippen LogP contribution is -2.37. The Bertz CT molecular complexity index is 650. The fourth-order valence-electron chi connectivity index (χ4n) is 3.62. The van der Waals surface area contributed by atoms with E-state index in [1.54, 1.807) is 0 Å². The normalized spacial score (nSPS) is 13.0. The molecule has 0 aliphatic heterocycles. The molecule has 0 saturated heterocycles. The molecular formula is C24H38NSi2. The lowest BCUT2D eigenvalue weighted by Gasteiger charge is -2.26. The van der Waals surface area contributed by atoms with E-state index in [4.69, 9.17) is 0 Å². The van der Waals surface area contributed by atoms with Gasteiger partial charge in [0.1, 0.15) is 8.24 Å². The average Bonchev–Trinajstić information content (AvgIpc) is 2.65. The molecule has 27 heavy (non-hydrogen) atoms. The molecule has 1 radical (unpaired) electrons. The topological polar surface area (TPSA) is 12.0 Å². The molecule has 147 valence electrons. The van der Waals surface area contributed by atoms with Gasteiger partial charge in [-0.05, 0) is 35.7 Å². The Labute approximate surface area is 170 Å². The molecule has 1 atom stereocenters. The number of hydrogen-bond donors (Lipinski definition) is 1. The van der Waals surface area contributed by atoms with E-state index >= 15 is 0 Å². The van der Waals surface area contributed by atoms with E-state index < -0.39 is 8.24 Å². The van der Waals surface area contributed by atoms with Crippen LogP contribution < -0.4 is 4.98 Å². The highest BCUT2D eigenvalue weighted by Gasteiger charge is 2.21. The molecule has 0 heterocycles. The van der Waals surface area contributed by atoms with Gasteiger partial charge in [-0.25, -0.2) is 0 Å². The summed E-state index contributed by atoms with van der Waals surface area (Å²) in [7, 11) is -1.49. The van der Waals surface area contributed by atoms with E-state index in [0.717, 1.165) is 0 Å². The Kier molecular flexibility index (Phi) is 8.84. The number of hydrogen-bond acceptors (Lipinski definition) is 1. The summed E-state index contributed by atoms with van der Waals surface area (Å²) >= 11 is 0. The van der Waals surface area contributed by atoms with E-state index in [1.165, 1.54) is 54.6 Å². The van der Waals surface area contributed by atoms with Crippen molar-refractivity contribution in [1.82, 2.24) is 0 Å². The van der Waals surface area contributed by atoms with Crippen molar-refractivity contribution in [3.63, 3.8) is 0 Å². The molecule has 2 aromatic rings. The monoisotopic (exact) mass is 396 g/mol. The van der Waals surface area contributed by atoms with Gasteiger partial charge in [0.05, 0.1) is 0 Å². The van der Waals surface area contributed by atoms with Gasteiger partial charge in [-0.15, -0.1) is 0 Å². The number of benzene rings is 2. The lowest BCUT2D eigenvalue weighted by atomic mass is 9.87. The Morgan fingerprint density at radius 1 is 0.889 bits per heavy atom. The second kappa shape index (κ2) is 10.9. The second-order valence-electron chi connectivity index (χ2n) is 8.80. The van der Waals surface area contributed by atoms with E-state index in [0.29, 0.717) is 5.92 Å². The van der Waals surface area contributed by atoms with Gasteiger partial charge < -0.3 is 4.98 Å². The molecule has 0 fully saturated rings. The maximum atomic E-state index is 3.89. The minimum Gasteiger partial charge on any atom is -0.411 e. The first kappa shape index (κ1) is 22.0. The zero-order valence-electron chi connectivity index (χ0n) is 18.0. The summed E-state index contributed by atoms with van der Waals surface area (Å²) in [5.41, 5.74) is 4.20. The molecule has 0 spiro atoms. The van der Waals surface area contributed by atoms with Crippen molar-refractivity contribution in [2.45, 2.75) is 76.8 Å². The van der Waals surface area contributed by atoms with Crippen molar-refractivity contribution in [3.05, 3.63) is 65.7 Å². The molecule has 0 aliphatic carbocycles. The highest BCUT2D eigenvalue weighted by molar-refractivity contribution is 6.81. The zero-order chi connectivity index (χ0) is 19.7. The number of nitrogens with one attached hydrogen (secondary N) is 1. The SMILES string of the molecule is CCCCCC(c1ccccc1)c1ccc(N[Si](C)(C)CC[Si](C)C)cc1. The summed E-state index contributed by atoms with van der Waals surface area (Å²) in [6, 6.07) is 23.1. The van der Waals surface area contributed by atoms with Crippen molar-refractivity contribution in [1.29, 1.82) is 0 Å². The quantitative estimate of drug-likeness (QED) is 0.302. The van der Waals surface area contributed by atoms with Gasteiger partial charge >= 0.3 is 0 Å². The molecule has 0 aromatic heterocycles. The minimum absolute atomic E-state index is 0.123. The summed E-state index contributed by atoms with van der Waals surface area (Å²) in [4.78, 5) is 3.89. The van der Waals surface area contributed by atoms with Crippen LogP contribution in [-0.4, -0.2) is 17.0 Å². The van der Waals surface area contributed by atoms with Crippen LogP contribution in [0.5, 0.6) is 0 Å². The fraction of sp³-hybridized carbons (Fsp3) is 0.500. The Balaban J connectivity index is 2.09. The molecule has 1 N–H and O–H groups in total. The maximum Gasteiger partial charge on any atom is 0.147 e. The number of rotatable bonds is 11. The second-order valence-corrected chi connectivity index (χ2v) is 16.2. The molecule has 1 unspecified atom stereocenters. The van der Waals surface area contributed by atoms with Crippen LogP contribution >= 0.6 is 0 Å². The van der Waals surface area contributed by atoms with Crippen LogP contribution in [0.3, 0.4) is 0 Å². The van der Waals surface area contributed by atoms with Crippen molar-refractivity contribution in [3.8, 4) is 0 Å². The number of unbranched alkanes of at least 4 members (excludes halogenated alkanes) is 2. The van der Waals surface area contributed by atoms with E-state index in [9.17, 15) is 0 Å². The first-order valence-electron chi connectivity index (χ1n) is 10.6. The summed E-state index contributed by atoms with van der Waals surface area (Å²) < 4.78 is 0. The van der Waals surface area contributed by atoms with E-state index in [1.807, 2.05) is 0 Å². The van der Waals surface area contributed by atoms with Gasteiger partial charge in [0.25, 0.3) is 0 Å². The van der Waals surface area contributed by atoms with Crippen LogP contribution in [0.1, 0.15) is 49.7 Å². The Morgan fingerprint density at radius 2 is 1.52 bits per heavy atom. The van der Waals surface area contributed by atoms with Gasteiger partial charge in [0, 0.05) is 20.4 Å². The summed E-state index contributed by atoms with van der Waals surface area (Å²) in [6.45, 7) is 12.1. The predicted molar refractivity (Wildman–Crippen MR) is 127 cm³/mol. The van der Waals surface area contributed by atoms with Crippen molar-refractivity contribution in [2.75, 3.05) is 4.98 Å². The first-order valence-corrected chi connectivity index (χ1v) is 16.5. The lowest BCUT2D eigenvalue weighted by molar-refractivity contribution is 0.618. The third kappa shape index (κ3) is 7.67. The third-order valence-electron chi connectivity index (χ3n) is 5.34. The summed E-state index contributed by atoms with van der Waals surface area (Å²) in [6.07, 6.45) is 5.14. The number of anilines is 1. The Morgan fingerprint density at radius 3 is 2.11 bits per heavy atom. The highest BCUT2D eigenvalue weighted by Crippen LogP contribution is 2.31. The van der Waals surface area contributed by atoms with Crippen LogP contribution in [0.25, 0.3) is 0 Å². The molecule has 0 saturated carbocycles. The van der Waals surface area contributed by atoms with Gasteiger partial charge in [-0.1, -0.05) is 101 Å². The fourth-order valence-corrected chi connectivity index (χ4v) is 9.20. The highest BCUT2D eigenvalue weighted by atomic mass is 28.3. The van der Waals surface area contributed by atoms with Crippen LogP contribution in [0.2, 0.25) is 38.3 Å². The molecule has 0 amide bonds. The summed E-state index contributed by atoms with van der Waals surface area (Å²) in [5, 5.41) is 0. The van der Waals surface area contributed by atoms with Gasteiger partial charge in [0.15, 0.2) is 0 Å². The van der Waals surface area contributed by atoms with Crippen LogP contribution in [0.4, 0.5) is 5.69 Å². The average molecular weight is 397 g/mol. The zero-order valence-corrected chi connectivity index (χ0v) is 20.0. The third-order valence-corrected chi connectivity index (χ3v) is 9.56. The maximum absolute atomic E-state index is 3.89. The van der Waals surface area contributed by atoms with Crippen molar-refractivity contribution < 1.29 is 0 Å². The van der Waals surface area contributed by atoms with E-state index in [2.05, 4.69) is 92.7 Å². The molecule has 0 aliphatic rings. The molecule has 1 nitrogen and oxygen atoms in total. The van der Waals surface area contributed by atoms with E-state index in [-0.39, 0.29) is 8.80 Å². The largest absolute Gasteiger partial charge is 0.411 e.